The summed E-state index contributed by atoms with van der Waals surface area (Å²) in [5.41, 5.74) is 0.470. The van der Waals surface area contributed by atoms with Crippen molar-refractivity contribution in [3.8, 4) is 0 Å². The number of hydrogen-bond acceptors (Lipinski definition) is 6. The zero-order chi connectivity index (χ0) is 19.2. The van der Waals surface area contributed by atoms with Crippen molar-refractivity contribution in [2.75, 3.05) is 39.3 Å². The highest BCUT2D eigenvalue weighted by Crippen LogP contribution is 2.10. The SMILES string of the molecule is CCNC(=NCC(=O)OC(C)(C)C)N1CCN(Cc2cc(C)on2)CC1. The number of rotatable bonds is 5. The van der Waals surface area contributed by atoms with Crippen molar-refractivity contribution < 1.29 is 14.1 Å². The molecule has 8 heteroatoms. The zero-order valence-corrected chi connectivity index (χ0v) is 16.5. The molecule has 0 spiro atoms. The van der Waals surface area contributed by atoms with Gasteiger partial charge in [0.15, 0.2) is 5.96 Å². The molecule has 2 heterocycles. The van der Waals surface area contributed by atoms with Gasteiger partial charge in [-0.2, -0.15) is 0 Å². The Morgan fingerprint density at radius 1 is 1.35 bits per heavy atom. The number of aryl methyl sites for hydroxylation is 1. The summed E-state index contributed by atoms with van der Waals surface area (Å²) in [6, 6.07) is 1.97. The lowest BCUT2D eigenvalue weighted by atomic mass is 10.2. The molecule has 0 atom stereocenters. The first-order valence-corrected chi connectivity index (χ1v) is 9.16. The van der Waals surface area contributed by atoms with Crippen LogP contribution < -0.4 is 5.32 Å². The quantitative estimate of drug-likeness (QED) is 0.480. The summed E-state index contributed by atoms with van der Waals surface area (Å²) in [5, 5.41) is 7.31. The zero-order valence-electron chi connectivity index (χ0n) is 16.5. The van der Waals surface area contributed by atoms with Crippen LogP contribution in [0.5, 0.6) is 0 Å². The van der Waals surface area contributed by atoms with Crippen LogP contribution in [0.2, 0.25) is 0 Å². The van der Waals surface area contributed by atoms with Gasteiger partial charge in [-0.05, 0) is 34.6 Å². The summed E-state index contributed by atoms with van der Waals surface area (Å²) in [6.45, 7) is 14.6. The van der Waals surface area contributed by atoms with E-state index in [1.165, 1.54) is 0 Å². The Bertz CT molecular complexity index is 613. The highest BCUT2D eigenvalue weighted by molar-refractivity contribution is 5.83. The molecule has 0 bridgehead atoms. The van der Waals surface area contributed by atoms with Crippen LogP contribution in [-0.2, 0) is 16.1 Å². The maximum Gasteiger partial charge on any atom is 0.328 e. The number of piperazine rings is 1. The van der Waals surface area contributed by atoms with Crippen molar-refractivity contribution in [1.82, 2.24) is 20.3 Å². The topological polar surface area (TPSA) is 83.2 Å². The van der Waals surface area contributed by atoms with Crippen LogP contribution in [-0.4, -0.2) is 71.8 Å². The van der Waals surface area contributed by atoms with Crippen molar-refractivity contribution in [2.45, 2.75) is 46.8 Å². The third-order valence-corrected chi connectivity index (χ3v) is 3.85. The Kier molecular flexibility index (Phi) is 7.02. The fourth-order valence-electron chi connectivity index (χ4n) is 2.78. The van der Waals surface area contributed by atoms with Crippen molar-refractivity contribution in [3.05, 3.63) is 17.5 Å². The van der Waals surface area contributed by atoms with Gasteiger partial charge in [-0.15, -0.1) is 0 Å². The number of ether oxygens (including phenoxy) is 1. The molecule has 1 aromatic rings. The predicted molar refractivity (Wildman–Crippen MR) is 99.9 cm³/mol. The number of hydrogen-bond donors (Lipinski definition) is 1. The van der Waals surface area contributed by atoms with Crippen LogP contribution in [0.15, 0.2) is 15.6 Å². The molecule has 26 heavy (non-hydrogen) atoms. The standard InChI is InChI=1S/C18H31N5O3/c1-6-19-17(20-12-16(24)25-18(3,4)5)23-9-7-22(8-10-23)13-15-11-14(2)26-21-15/h11H,6-10,12-13H2,1-5H3,(H,19,20). The number of aromatic nitrogens is 1. The number of nitrogens with zero attached hydrogens (tertiary/aromatic N) is 4. The molecule has 2 rings (SSSR count). The van der Waals surface area contributed by atoms with E-state index in [9.17, 15) is 4.79 Å². The van der Waals surface area contributed by atoms with Crippen LogP contribution in [0, 0.1) is 6.92 Å². The van der Waals surface area contributed by atoms with Gasteiger partial charge in [0.25, 0.3) is 0 Å². The van der Waals surface area contributed by atoms with Gasteiger partial charge < -0.3 is 19.5 Å². The molecule has 0 unspecified atom stereocenters. The van der Waals surface area contributed by atoms with Gasteiger partial charge in [0.1, 0.15) is 17.9 Å². The van der Waals surface area contributed by atoms with Gasteiger partial charge in [0, 0.05) is 45.3 Å². The maximum atomic E-state index is 11.9. The molecule has 0 aromatic carbocycles. The molecule has 0 saturated carbocycles. The van der Waals surface area contributed by atoms with E-state index >= 15 is 0 Å². The molecule has 146 valence electrons. The Morgan fingerprint density at radius 2 is 2.04 bits per heavy atom. The largest absolute Gasteiger partial charge is 0.459 e. The summed E-state index contributed by atoms with van der Waals surface area (Å²) in [6.07, 6.45) is 0. The Hall–Kier alpha value is -2.09. The summed E-state index contributed by atoms with van der Waals surface area (Å²) in [5.74, 6) is 1.28. The average Bonchev–Trinajstić information content (AvgIpc) is 2.95. The second kappa shape index (κ2) is 9.02. The molecule has 1 saturated heterocycles. The molecule has 0 aliphatic carbocycles. The van der Waals surface area contributed by atoms with Crippen molar-refractivity contribution in [3.63, 3.8) is 0 Å². The second-order valence-corrected chi connectivity index (χ2v) is 7.45. The van der Waals surface area contributed by atoms with E-state index in [1.54, 1.807) is 0 Å². The van der Waals surface area contributed by atoms with Gasteiger partial charge in [-0.3, -0.25) is 9.69 Å². The minimum atomic E-state index is -0.490. The summed E-state index contributed by atoms with van der Waals surface area (Å²) >= 11 is 0. The Morgan fingerprint density at radius 3 is 2.58 bits per heavy atom. The molecule has 1 aliphatic heterocycles. The molecule has 1 aliphatic rings. The van der Waals surface area contributed by atoms with Gasteiger partial charge in [0.2, 0.25) is 0 Å². The van der Waals surface area contributed by atoms with Crippen LogP contribution in [0.25, 0.3) is 0 Å². The minimum absolute atomic E-state index is 0.0258. The molecule has 1 N–H and O–H groups in total. The van der Waals surface area contributed by atoms with Crippen molar-refractivity contribution >= 4 is 11.9 Å². The lowest BCUT2D eigenvalue weighted by molar-refractivity contribution is -0.152. The number of guanidine groups is 1. The fourth-order valence-corrected chi connectivity index (χ4v) is 2.78. The van der Waals surface area contributed by atoms with Crippen LogP contribution >= 0.6 is 0 Å². The smallest absolute Gasteiger partial charge is 0.328 e. The van der Waals surface area contributed by atoms with E-state index in [2.05, 4.69) is 25.3 Å². The van der Waals surface area contributed by atoms with Gasteiger partial charge >= 0.3 is 5.97 Å². The highest BCUT2D eigenvalue weighted by atomic mass is 16.6. The third-order valence-electron chi connectivity index (χ3n) is 3.85. The van der Waals surface area contributed by atoms with Gasteiger partial charge in [0.05, 0.1) is 5.69 Å². The number of carbonyl (C=O) groups is 1. The maximum absolute atomic E-state index is 11.9. The molecule has 8 nitrogen and oxygen atoms in total. The normalized spacial score (nSPS) is 16.7. The predicted octanol–water partition coefficient (Wildman–Crippen LogP) is 1.41. The molecular weight excluding hydrogens is 334 g/mol. The fraction of sp³-hybridized carbons (Fsp3) is 0.722. The molecule has 0 amide bonds. The average molecular weight is 365 g/mol. The molecular formula is C18H31N5O3. The van der Waals surface area contributed by atoms with E-state index in [0.29, 0.717) is 0 Å². The summed E-state index contributed by atoms with van der Waals surface area (Å²) in [4.78, 5) is 20.9. The van der Waals surface area contributed by atoms with Crippen molar-refractivity contribution in [2.24, 2.45) is 4.99 Å². The summed E-state index contributed by atoms with van der Waals surface area (Å²) in [7, 11) is 0. The van der Waals surface area contributed by atoms with E-state index in [4.69, 9.17) is 9.26 Å². The monoisotopic (exact) mass is 365 g/mol. The highest BCUT2D eigenvalue weighted by Gasteiger charge is 2.21. The molecule has 1 aromatic heterocycles. The molecule has 1 fully saturated rings. The van der Waals surface area contributed by atoms with Crippen LogP contribution in [0.4, 0.5) is 0 Å². The van der Waals surface area contributed by atoms with E-state index in [1.807, 2.05) is 40.7 Å². The first-order valence-electron chi connectivity index (χ1n) is 9.16. The first-order chi connectivity index (χ1) is 12.3. The Labute approximate surface area is 155 Å². The lowest BCUT2D eigenvalue weighted by Gasteiger charge is -2.36. The van der Waals surface area contributed by atoms with Gasteiger partial charge in [-0.1, -0.05) is 5.16 Å². The number of nitrogens with one attached hydrogen (secondary N) is 1. The first kappa shape index (κ1) is 20.2. The van der Waals surface area contributed by atoms with Crippen LogP contribution in [0.3, 0.4) is 0 Å². The second-order valence-electron chi connectivity index (χ2n) is 7.45. The number of aliphatic imine (C=N–C) groups is 1. The third kappa shape index (κ3) is 6.67. The Balaban J connectivity index is 1.86. The summed E-state index contributed by atoms with van der Waals surface area (Å²) < 4.78 is 10.4. The van der Waals surface area contributed by atoms with Crippen LogP contribution in [0.1, 0.15) is 39.1 Å². The van der Waals surface area contributed by atoms with E-state index in [-0.39, 0.29) is 12.5 Å². The minimum Gasteiger partial charge on any atom is -0.459 e. The van der Waals surface area contributed by atoms with E-state index < -0.39 is 5.60 Å². The number of carbonyl (C=O) groups excluding carboxylic acids is 1. The lowest BCUT2D eigenvalue weighted by Crippen LogP contribution is -2.52. The van der Waals surface area contributed by atoms with Crippen molar-refractivity contribution in [1.29, 1.82) is 0 Å². The number of esters is 1. The van der Waals surface area contributed by atoms with E-state index in [0.717, 1.165) is 56.7 Å². The van der Waals surface area contributed by atoms with Gasteiger partial charge in [-0.25, -0.2) is 4.99 Å². The molecule has 0 radical (unpaired) electrons.